The second kappa shape index (κ2) is 6.39. The SMILES string of the molecule is CCC(C)CN(CC)c1nc2sccn2c1CNC. The normalized spacial score (nSPS) is 13.1. The van der Waals surface area contributed by atoms with Crippen LogP contribution < -0.4 is 10.2 Å². The van der Waals surface area contributed by atoms with Crippen molar-refractivity contribution in [2.75, 3.05) is 25.0 Å². The van der Waals surface area contributed by atoms with E-state index in [0.29, 0.717) is 5.92 Å². The van der Waals surface area contributed by atoms with Crippen LogP contribution in [0, 0.1) is 5.92 Å². The Morgan fingerprint density at radius 3 is 2.89 bits per heavy atom. The van der Waals surface area contributed by atoms with Gasteiger partial charge >= 0.3 is 0 Å². The van der Waals surface area contributed by atoms with Crippen molar-refractivity contribution in [3.8, 4) is 0 Å². The number of aromatic nitrogens is 2. The quantitative estimate of drug-likeness (QED) is 0.846. The topological polar surface area (TPSA) is 32.6 Å². The Bertz CT molecular complexity index is 516. The van der Waals surface area contributed by atoms with Crippen molar-refractivity contribution in [1.82, 2.24) is 14.7 Å². The number of imidazole rings is 1. The van der Waals surface area contributed by atoms with E-state index in [0.717, 1.165) is 30.4 Å². The maximum atomic E-state index is 4.82. The molecule has 0 saturated heterocycles. The van der Waals surface area contributed by atoms with Crippen LogP contribution in [0.5, 0.6) is 0 Å². The first-order chi connectivity index (χ1) is 9.21. The zero-order valence-electron chi connectivity index (χ0n) is 12.3. The molecule has 2 aromatic heterocycles. The maximum Gasteiger partial charge on any atom is 0.195 e. The van der Waals surface area contributed by atoms with Gasteiger partial charge in [0.2, 0.25) is 0 Å². The second-order valence-electron chi connectivity index (χ2n) is 5.02. The highest BCUT2D eigenvalue weighted by Crippen LogP contribution is 2.25. The van der Waals surface area contributed by atoms with Crippen LogP contribution in [0.2, 0.25) is 0 Å². The Labute approximate surface area is 119 Å². The molecule has 2 aromatic rings. The number of rotatable bonds is 7. The average Bonchev–Trinajstić information content (AvgIpc) is 2.98. The third kappa shape index (κ3) is 2.92. The highest BCUT2D eigenvalue weighted by atomic mass is 32.1. The molecule has 1 N–H and O–H groups in total. The lowest BCUT2D eigenvalue weighted by Crippen LogP contribution is -2.29. The lowest BCUT2D eigenvalue weighted by Gasteiger charge is -2.25. The summed E-state index contributed by atoms with van der Waals surface area (Å²) in [5, 5.41) is 5.35. The van der Waals surface area contributed by atoms with Crippen molar-refractivity contribution >= 4 is 22.1 Å². The van der Waals surface area contributed by atoms with Crippen molar-refractivity contribution in [1.29, 1.82) is 0 Å². The Balaban J connectivity index is 2.35. The van der Waals surface area contributed by atoms with Crippen molar-refractivity contribution < 1.29 is 0 Å². The number of nitrogens with one attached hydrogen (secondary N) is 1. The van der Waals surface area contributed by atoms with Crippen LogP contribution in [0.15, 0.2) is 11.6 Å². The molecule has 0 radical (unpaired) electrons. The van der Waals surface area contributed by atoms with Crippen LogP contribution in [-0.4, -0.2) is 29.5 Å². The average molecular weight is 280 g/mol. The minimum absolute atomic E-state index is 0.696. The van der Waals surface area contributed by atoms with E-state index in [2.05, 4.69) is 47.0 Å². The zero-order valence-corrected chi connectivity index (χ0v) is 13.1. The Morgan fingerprint density at radius 2 is 2.26 bits per heavy atom. The van der Waals surface area contributed by atoms with Gasteiger partial charge in [-0.25, -0.2) is 4.98 Å². The number of fused-ring (bicyclic) bond motifs is 1. The zero-order chi connectivity index (χ0) is 13.8. The summed E-state index contributed by atoms with van der Waals surface area (Å²) in [5.41, 5.74) is 1.27. The molecule has 1 unspecified atom stereocenters. The summed E-state index contributed by atoms with van der Waals surface area (Å²) in [6, 6.07) is 0. The molecule has 5 heteroatoms. The fourth-order valence-electron chi connectivity index (χ4n) is 2.28. The summed E-state index contributed by atoms with van der Waals surface area (Å²) in [7, 11) is 1.99. The standard InChI is InChI=1S/C14H24N4S/c1-5-11(3)10-17(6-2)13-12(9-15-4)18-7-8-19-14(18)16-13/h7-8,11,15H,5-6,9-10H2,1-4H3. The number of thiazole rings is 1. The number of nitrogens with zero attached hydrogens (tertiary/aromatic N) is 3. The molecule has 0 spiro atoms. The van der Waals surface area contributed by atoms with Gasteiger partial charge in [-0.2, -0.15) is 0 Å². The molecule has 0 aromatic carbocycles. The lowest BCUT2D eigenvalue weighted by atomic mass is 10.1. The first-order valence-corrected chi connectivity index (χ1v) is 7.93. The molecular formula is C14H24N4S. The summed E-state index contributed by atoms with van der Waals surface area (Å²) in [5.74, 6) is 1.84. The predicted octanol–water partition coefficient (Wildman–Crippen LogP) is 2.99. The molecule has 19 heavy (non-hydrogen) atoms. The monoisotopic (exact) mass is 280 g/mol. The molecule has 0 aliphatic heterocycles. The van der Waals surface area contributed by atoms with E-state index >= 15 is 0 Å². The Morgan fingerprint density at radius 1 is 1.47 bits per heavy atom. The van der Waals surface area contributed by atoms with Gasteiger partial charge in [-0.15, -0.1) is 11.3 Å². The van der Waals surface area contributed by atoms with Gasteiger partial charge in [-0.3, -0.25) is 4.40 Å². The molecule has 0 saturated carbocycles. The van der Waals surface area contributed by atoms with Crippen molar-refractivity contribution in [2.24, 2.45) is 5.92 Å². The summed E-state index contributed by atoms with van der Waals surface area (Å²) in [6.45, 7) is 9.70. The third-order valence-corrected chi connectivity index (χ3v) is 4.35. The minimum Gasteiger partial charge on any atom is -0.355 e. The van der Waals surface area contributed by atoms with Crippen LogP contribution in [0.25, 0.3) is 4.96 Å². The van der Waals surface area contributed by atoms with Crippen LogP contribution in [-0.2, 0) is 6.54 Å². The van der Waals surface area contributed by atoms with E-state index in [-0.39, 0.29) is 0 Å². The predicted molar refractivity (Wildman–Crippen MR) is 83.2 cm³/mol. The number of anilines is 1. The maximum absolute atomic E-state index is 4.82. The highest BCUT2D eigenvalue weighted by molar-refractivity contribution is 7.15. The first kappa shape index (κ1) is 14.3. The van der Waals surface area contributed by atoms with Gasteiger partial charge in [0.25, 0.3) is 0 Å². The summed E-state index contributed by atoms with van der Waals surface area (Å²) in [6.07, 6.45) is 3.32. The number of hydrogen-bond acceptors (Lipinski definition) is 4. The smallest absolute Gasteiger partial charge is 0.195 e. The molecule has 106 valence electrons. The Kier molecular flexibility index (Phi) is 4.82. The molecule has 4 nitrogen and oxygen atoms in total. The third-order valence-electron chi connectivity index (χ3n) is 3.59. The first-order valence-electron chi connectivity index (χ1n) is 7.05. The lowest BCUT2D eigenvalue weighted by molar-refractivity contribution is 0.544. The van der Waals surface area contributed by atoms with E-state index in [1.165, 1.54) is 12.1 Å². The molecule has 1 atom stereocenters. The fourth-order valence-corrected chi connectivity index (χ4v) is 3.00. The van der Waals surface area contributed by atoms with E-state index in [4.69, 9.17) is 4.98 Å². The summed E-state index contributed by atoms with van der Waals surface area (Å²) in [4.78, 5) is 8.31. The van der Waals surface area contributed by atoms with E-state index < -0.39 is 0 Å². The van der Waals surface area contributed by atoms with E-state index in [1.54, 1.807) is 11.3 Å². The molecule has 0 aliphatic rings. The molecule has 2 rings (SSSR count). The van der Waals surface area contributed by atoms with Gasteiger partial charge < -0.3 is 10.2 Å². The second-order valence-corrected chi connectivity index (χ2v) is 5.89. The van der Waals surface area contributed by atoms with Crippen LogP contribution in [0.3, 0.4) is 0 Å². The largest absolute Gasteiger partial charge is 0.355 e. The molecule has 0 aliphatic carbocycles. The van der Waals surface area contributed by atoms with Gasteiger partial charge in [0.1, 0.15) is 0 Å². The van der Waals surface area contributed by atoms with Gasteiger partial charge in [-0.1, -0.05) is 20.3 Å². The fraction of sp³-hybridized carbons (Fsp3) is 0.643. The van der Waals surface area contributed by atoms with E-state index in [1.807, 2.05) is 7.05 Å². The molecule has 2 heterocycles. The molecule has 0 amide bonds. The van der Waals surface area contributed by atoms with Crippen LogP contribution in [0.1, 0.15) is 32.9 Å². The van der Waals surface area contributed by atoms with Crippen LogP contribution in [0.4, 0.5) is 5.82 Å². The molecule has 0 fully saturated rings. The van der Waals surface area contributed by atoms with Crippen molar-refractivity contribution in [3.05, 3.63) is 17.3 Å². The van der Waals surface area contributed by atoms with Gasteiger partial charge in [0, 0.05) is 31.2 Å². The minimum atomic E-state index is 0.696. The highest BCUT2D eigenvalue weighted by Gasteiger charge is 2.18. The molecule has 0 bridgehead atoms. The van der Waals surface area contributed by atoms with Crippen molar-refractivity contribution in [2.45, 2.75) is 33.7 Å². The van der Waals surface area contributed by atoms with Gasteiger partial charge in [0.15, 0.2) is 10.8 Å². The molecular weight excluding hydrogens is 256 g/mol. The Hall–Kier alpha value is -1.07. The van der Waals surface area contributed by atoms with Crippen LogP contribution >= 0.6 is 11.3 Å². The number of hydrogen-bond donors (Lipinski definition) is 1. The van der Waals surface area contributed by atoms with Gasteiger partial charge in [0.05, 0.1) is 5.69 Å². The summed E-state index contributed by atoms with van der Waals surface area (Å²) >= 11 is 1.70. The summed E-state index contributed by atoms with van der Waals surface area (Å²) < 4.78 is 2.20. The van der Waals surface area contributed by atoms with Gasteiger partial charge in [-0.05, 0) is 19.9 Å². The van der Waals surface area contributed by atoms with Crippen molar-refractivity contribution in [3.63, 3.8) is 0 Å². The van der Waals surface area contributed by atoms with E-state index in [9.17, 15) is 0 Å².